The average Bonchev–Trinajstić information content (AvgIpc) is 3.13. The second kappa shape index (κ2) is 9.42. The molecule has 0 fully saturated rings. The Morgan fingerprint density at radius 1 is 1.38 bits per heavy atom. The fourth-order valence-corrected chi connectivity index (χ4v) is 2.81. The van der Waals surface area contributed by atoms with E-state index in [2.05, 4.69) is 27.6 Å². The van der Waals surface area contributed by atoms with Crippen molar-refractivity contribution in [3.8, 4) is 5.75 Å². The van der Waals surface area contributed by atoms with E-state index in [9.17, 15) is 14.0 Å². The Hall–Kier alpha value is -3.07. The van der Waals surface area contributed by atoms with Crippen molar-refractivity contribution in [3.05, 3.63) is 53.1 Å². The summed E-state index contributed by atoms with van der Waals surface area (Å²) in [5.74, 6) is -0.327. The van der Waals surface area contributed by atoms with E-state index in [0.29, 0.717) is 17.8 Å². The first kappa shape index (κ1) is 20.7. The number of nitrogens with zero attached hydrogens (tertiary/aromatic N) is 2. The molecule has 3 rings (SSSR count). The van der Waals surface area contributed by atoms with Gasteiger partial charge < -0.3 is 20.7 Å². The van der Waals surface area contributed by atoms with E-state index < -0.39 is 5.82 Å². The van der Waals surface area contributed by atoms with Crippen LogP contribution in [0, 0.1) is 5.82 Å². The average molecular weight is 422 g/mol. The number of carbonyl (C=O) groups is 2. The Kier molecular flexibility index (Phi) is 6.71. The zero-order valence-corrected chi connectivity index (χ0v) is 16.4. The maximum absolute atomic E-state index is 13.3. The van der Waals surface area contributed by atoms with Crippen LogP contribution >= 0.6 is 11.6 Å². The van der Waals surface area contributed by atoms with Gasteiger partial charge in [0.1, 0.15) is 17.4 Å². The van der Waals surface area contributed by atoms with Crippen molar-refractivity contribution < 1.29 is 18.7 Å². The van der Waals surface area contributed by atoms with Crippen LogP contribution in [-0.2, 0) is 11.3 Å². The lowest BCUT2D eigenvalue weighted by atomic mass is 10.3. The molecule has 0 aliphatic carbocycles. The van der Waals surface area contributed by atoms with Crippen molar-refractivity contribution in [3.63, 3.8) is 0 Å². The third kappa shape index (κ3) is 5.71. The Bertz CT molecular complexity index is 907. The van der Waals surface area contributed by atoms with Crippen LogP contribution in [0.1, 0.15) is 23.3 Å². The number of aromatic nitrogens is 2. The standard InChI is InChI=1S/C19H21ClFN5O3/c1-12(24-19(28)16-10-17-22-6-2-8-26(17)25-16)5-7-23-18(27)11-29-13-3-4-14(20)15(21)9-13/h3-4,9-10,22H,1-2,5-8,11H2,(H,23,27)(H,24,28). The number of carbonyl (C=O) groups excluding carboxylic acids is 2. The van der Waals surface area contributed by atoms with Gasteiger partial charge in [-0.25, -0.2) is 9.07 Å². The minimum atomic E-state index is -0.619. The molecule has 154 valence electrons. The van der Waals surface area contributed by atoms with Gasteiger partial charge in [-0.2, -0.15) is 5.10 Å². The van der Waals surface area contributed by atoms with Crippen LogP contribution in [0.25, 0.3) is 0 Å². The number of ether oxygens (including phenoxy) is 1. The molecule has 10 heteroatoms. The number of aryl methyl sites for hydroxylation is 1. The molecule has 1 aromatic heterocycles. The van der Waals surface area contributed by atoms with E-state index in [1.807, 2.05) is 0 Å². The minimum Gasteiger partial charge on any atom is -0.484 e. The van der Waals surface area contributed by atoms with Crippen molar-refractivity contribution in [2.75, 3.05) is 25.0 Å². The summed E-state index contributed by atoms with van der Waals surface area (Å²) in [4.78, 5) is 24.1. The Balaban J connectivity index is 1.36. The molecule has 0 atom stereocenters. The number of halogens is 2. The maximum atomic E-state index is 13.3. The number of nitrogens with one attached hydrogen (secondary N) is 3. The van der Waals surface area contributed by atoms with Gasteiger partial charge in [0.2, 0.25) is 0 Å². The van der Waals surface area contributed by atoms with Crippen molar-refractivity contribution >= 4 is 29.2 Å². The second-order valence-corrected chi connectivity index (χ2v) is 6.85. The predicted molar refractivity (Wildman–Crippen MR) is 106 cm³/mol. The summed E-state index contributed by atoms with van der Waals surface area (Å²) in [5.41, 5.74) is 0.762. The lowest BCUT2D eigenvalue weighted by Gasteiger charge is -2.14. The number of rotatable bonds is 8. The third-order valence-corrected chi connectivity index (χ3v) is 4.47. The molecule has 2 heterocycles. The van der Waals surface area contributed by atoms with Crippen molar-refractivity contribution in [1.29, 1.82) is 0 Å². The number of anilines is 1. The second-order valence-electron chi connectivity index (χ2n) is 6.44. The molecule has 2 aromatic rings. The molecule has 0 saturated heterocycles. The lowest BCUT2D eigenvalue weighted by molar-refractivity contribution is -0.123. The minimum absolute atomic E-state index is 0.0191. The van der Waals surface area contributed by atoms with Crippen LogP contribution in [0.5, 0.6) is 5.75 Å². The van der Waals surface area contributed by atoms with E-state index in [1.54, 1.807) is 10.7 Å². The van der Waals surface area contributed by atoms with E-state index in [-0.39, 0.29) is 35.7 Å². The normalized spacial score (nSPS) is 12.5. The molecule has 29 heavy (non-hydrogen) atoms. The maximum Gasteiger partial charge on any atom is 0.275 e. The Morgan fingerprint density at radius 2 is 2.21 bits per heavy atom. The van der Waals surface area contributed by atoms with E-state index in [0.717, 1.165) is 31.4 Å². The summed E-state index contributed by atoms with van der Waals surface area (Å²) in [6.45, 7) is 5.41. The number of hydrogen-bond donors (Lipinski definition) is 3. The molecular weight excluding hydrogens is 401 g/mol. The number of benzene rings is 1. The van der Waals surface area contributed by atoms with E-state index in [4.69, 9.17) is 16.3 Å². The summed E-state index contributed by atoms with van der Waals surface area (Å²) < 4.78 is 20.3. The van der Waals surface area contributed by atoms with Crippen molar-refractivity contribution in [1.82, 2.24) is 20.4 Å². The van der Waals surface area contributed by atoms with Gasteiger partial charge in [0.15, 0.2) is 12.3 Å². The van der Waals surface area contributed by atoms with Gasteiger partial charge in [-0.1, -0.05) is 18.2 Å². The van der Waals surface area contributed by atoms with Crippen LogP contribution < -0.4 is 20.7 Å². The van der Waals surface area contributed by atoms with Gasteiger partial charge in [0, 0.05) is 43.9 Å². The Labute approximate surface area is 172 Å². The molecule has 0 unspecified atom stereocenters. The highest BCUT2D eigenvalue weighted by molar-refractivity contribution is 6.30. The van der Waals surface area contributed by atoms with Gasteiger partial charge in [-0.3, -0.25) is 9.59 Å². The lowest BCUT2D eigenvalue weighted by Crippen LogP contribution is -2.31. The zero-order chi connectivity index (χ0) is 20.8. The molecule has 2 amide bonds. The molecule has 0 spiro atoms. The molecule has 1 aliphatic rings. The largest absolute Gasteiger partial charge is 0.484 e. The zero-order valence-electron chi connectivity index (χ0n) is 15.6. The van der Waals surface area contributed by atoms with Crippen LogP contribution in [0.3, 0.4) is 0 Å². The molecule has 0 radical (unpaired) electrons. The van der Waals surface area contributed by atoms with Crippen LogP contribution in [0.15, 0.2) is 36.5 Å². The molecule has 0 bridgehead atoms. The molecule has 3 N–H and O–H groups in total. The monoisotopic (exact) mass is 421 g/mol. The highest BCUT2D eigenvalue weighted by atomic mass is 35.5. The number of amides is 2. The van der Waals surface area contributed by atoms with Crippen molar-refractivity contribution in [2.45, 2.75) is 19.4 Å². The highest BCUT2D eigenvalue weighted by Crippen LogP contribution is 2.20. The summed E-state index contributed by atoms with van der Waals surface area (Å²) in [7, 11) is 0. The van der Waals surface area contributed by atoms with Crippen LogP contribution in [-0.4, -0.2) is 41.3 Å². The fourth-order valence-electron chi connectivity index (χ4n) is 2.69. The fraction of sp³-hybridized carbons (Fsp3) is 0.316. The quantitative estimate of drug-likeness (QED) is 0.607. The summed E-state index contributed by atoms with van der Waals surface area (Å²) in [5, 5.41) is 12.7. The highest BCUT2D eigenvalue weighted by Gasteiger charge is 2.17. The van der Waals surface area contributed by atoms with Gasteiger partial charge in [-0.15, -0.1) is 0 Å². The Morgan fingerprint density at radius 3 is 2.97 bits per heavy atom. The van der Waals surface area contributed by atoms with Crippen LogP contribution in [0.2, 0.25) is 5.02 Å². The SMILES string of the molecule is C=C(CCNC(=O)COc1ccc(Cl)c(F)c1)NC(=O)c1cc2n(n1)CCCN2. The van der Waals surface area contributed by atoms with E-state index in [1.165, 1.54) is 12.1 Å². The van der Waals surface area contributed by atoms with Gasteiger partial charge >= 0.3 is 0 Å². The third-order valence-electron chi connectivity index (χ3n) is 4.17. The summed E-state index contributed by atoms with van der Waals surface area (Å²) in [6.07, 6.45) is 1.30. The number of hydrogen-bond acceptors (Lipinski definition) is 5. The van der Waals surface area contributed by atoms with Gasteiger partial charge in [-0.05, 0) is 18.6 Å². The molecule has 8 nitrogen and oxygen atoms in total. The summed E-state index contributed by atoms with van der Waals surface area (Å²) >= 11 is 5.59. The van der Waals surface area contributed by atoms with E-state index >= 15 is 0 Å². The molecular formula is C19H21ClFN5O3. The van der Waals surface area contributed by atoms with Crippen LogP contribution in [0.4, 0.5) is 10.2 Å². The topological polar surface area (TPSA) is 97.3 Å². The summed E-state index contributed by atoms with van der Waals surface area (Å²) in [6, 6.07) is 5.62. The first-order valence-corrected chi connectivity index (χ1v) is 9.45. The smallest absolute Gasteiger partial charge is 0.275 e. The molecule has 0 saturated carbocycles. The van der Waals surface area contributed by atoms with Crippen molar-refractivity contribution in [2.24, 2.45) is 0 Å². The first-order valence-electron chi connectivity index (χ1n) is 9.08. The first-order chi connectivity index (χ1) is 13.9. The van der Waals surface area contributed by atoms with Gasteiger partial charge in [0.05, 0.1) is 5.02 Å². The number of fused-ring (bicyclic) bond motifs is 1. The molecule has 1 aliphatic heterocycles. The molecule has 1 aromatic carbocycles. The van der Waals surface area contributed by atoms with Gasteiger partial charge in [0.25, 0.3) is 11.8 Å². The predicted octanol–water partition coefficient (Wildman–Crippen LogP) is 2.32.